The van der Waals surface area contributed by atoms with Gasteiger partial charge in [0.05, 0.1) is 18.1 Å². The van der Waals surface area contributed by atoms with Gasteiger partial charge in [0.2, 0.25) is 0 Å². The Morgan fingerprint density at radius 1 is 1.42 bits per heavy atom. The molecule has 1 aliphatic rings. The van der Waals surface area contributed by atoms with Gasteiger partial charge in [-0.2, -0.15) is 0 Å². The summed E-state index contributed by atoms with van der Waals surface area (Å²) in [7, 11) is 0. The molecule has 6 nitrogen and oxygen atoms in total. The summed E-state index contributed by atoms with van der Waals surface area (Å²) in [4.78, 5) is 18.4. The van der Waals surface area contributed by atoms with Crippen LogP contribution < -0.4 is 5.32 Å². The Kier molecular flexibility index (Phi) is 2.72. The largest absolute Gasteiger partial charge is 0.507 e. The first-order chi connectivity index (χ1) is 9.18. The number of H-pyrrole nitrogens is 1. The van der Waals surface area contributed by atoms with Crippen molar-refractivity contribution in [3.05, 3.63) is 47.0 Å². The molecule has 3 rings (SSSR count). The predicted molar refractivity (Wildman–Crippen MR) is 67.2 cm³/mol. The molecule has 0 saturated carbocycles. The number of aromatic carboxylic acids is 1. The van der Waals surface area contributed by atoms with Crippen LogP contribution in [-0.2, 0) is 6.42 Å². The Morgan fingerprint density at radius 3 is 3.05 bits per heavy atom. The zero-order valence-corrected chi connectivity index (χ0v) is 10.1. The molecule has 1 aliphatic heterocycles. The molecule has 2 aromatic rings. The van der Waals surface area contributed by atoms with E-state index in [1.54, 1.807) is 18.5 Å². The van der Waals surface area contributed by atoms with Crippen molar-refractivity contribution in [3.8, 4) is 5.75 Å². The molecule has 1 atom stereocenters. The van der Waals surface area contributed by atoms with E-state index in [1.165, 1.54) is 6.07 Å². The molecule has 1 aromatic carbocycles. The lowest BCUT2D eigenvalue weighted by Gasteiger charge is -2.24. The number of carboxylic acid groups (broad SMARTS) is 1. The number of hydrogen-bond donors (Lipinski definition) is 4. The smallest absolute Gasteiger partial charge is 0.339 e. The first kappa shape index (κ1) is 11.7. The number of aromatic hydroxyl groups is 1. The van der Waals surface area contributed by atoms with E-state index in [0.29, 0.717) is 5.56 Å². The van der Waals surface area contributed by atoms with Crippen LogP contribution in [0.5, 0.6) is 5.75 Å². The molecule has 1 aromatic heterocycles. The molecule has 0 saturated heterocycles. The summed E-state index contributed by atoms with van der Waals surface area (Å²) in [5.41, 5.74) is 2.27. The van der Waals surface area contributed by atoms with Gasteiger partial charge in [0.25, 0.3) is 0 Å². The average molecular weight is 259 g/mol. The van der Waals surface area contributed by atoms with Crippen molar-refractivity contribution in [1.29, 1.82) is 0 Å². The predicted octanol–water partition coefficient (Wildman–Crippen LogP) is 1.05. The average Bonchev–Trinajstić information content (AvgIpc) is 2.87. The van der Waals surface area contributed by atoms with Crippen LogP contribution in [0.25, 0.3) is 0 Å². The molecule has 0 radical (unpaired) electrons. The maximum atomic E-state index is 11.1. The van der Waals surface area contributed by atoms with E-state index in [0.717, 1.165) is 24.4 Å². The van der Waals surface area contributed by atoms with Gasteiger partial charge in [0.15, 0.2) is 0 Å². The maximum Gasteiger partial charge on any atom is 0.339 e. The summed E-state index contributed by atoms with van der Waals surface area (Å²) in [5, 5.41) is 22.4. The number of benzene rings is 1. The number of carboxylic acids is 1. The third kappa shape index (κ3) is 1.86. The van der Waals surface area contributed by atoms with Gasteiger partial charge >= 0.3 is 5.97 Å². The van der Waals surface area contributed by atoms with E-state index in [9.17, 15) is 9.90 Å². The Hall–Kier alpha value is -2.34. The Bertz CT molecular complexity index is 636. The molecule has 0 spiro atoms. The molecule has 0 unspecified atom stereocenters. The second-order valence-corrected chi connectivity index (χ2v) is 4.45. The van der Waals surface area contributed by atoms with Crippen LogP contribution in [0.2, 0.25) is 0 Å². The Morgan fingerprint density at radius 2 is 2.26 bits per heavy atom. The van der Waals surface area contributed by atoms with Gasteiger partial charge in [-0.05, 0) is 6.07 Å². The quantitative estimate of drug-likeness (QED) is 0.646. The van der Waals surface area contributed by atoms with Crippen molar-refractivity contribution < 1.29 is 15.0 Å². The minimum Gasteiger partial charge on any atom is -0.507 e. The van der Waals surface area contributed by atoms with Crippen molar-refractivity contribution in [3.63, 3.8) is 0 Å². The van der Waals surface area contributed by atoms with Gasteiger partial charge in [-0.1, -0.05) is 12.1 Å². The number of phenols is 1. The highest BCUT2D eigenvalue weighted by atomic mass is 16.4. The summed E-state index contributed by atoms with van der Waals surface area (Å²) < 4.78 is 0. The van der Waals surface area contributed by atoms with Gasteiger partial charge in [0, 0.05) is 24.2 Å². The van der Waals surface area contributed by atoms with Crippen LogP contribution in [-0.4, -0.2) is 32.7 Å². The molecular weight excluding hydrogens is 246 g/mol. The van der Waals surface area contributed by atoms with Crippen LogP contribution in [0.1, 0.15) is 33.4 Å². The van der Waals surface area contributed by atoms with E-state index in [-0.39, 0.29) is 17.4 Å². The zero-order valence-electron chi connectivity index (χ0n) is 10.1. The summed E-state index contributed by atoms with van der Waals surface area (Å²) in [6.45, 7) is 0.747. The van der Waals surface area contributed by atoms with Crippen molar-refractivity contribution in [2.24, 2.45) is 0 Å². The topological polar surface area (TPSA) is 98.2 Å². The number of hydrogen-bond acceptors (Lipinski definition) is 4. The van der Waals surface area contributed by atoms with Gasteiger partial charge in [-0.3, -0.25) is 0 Å². The van der Waals surface area contributed by atoms with Crippen LogP contribution in [0.3, 0.4) is 0 Å². The standard InChI is InChI=1S/C13H13N3O3/c17-12-7(2-1-3-8(12)13(18)19)10-11-9(4-5-14-10)15-6-16-11/h1-3,6,10,14,17H,4-5H2,(H,15,16)(H,18,19)/t10-/m0/s1. The number of aromatic nitrogens is 2. The first-order valence-corrected chi connectivity index (χ1v) is 5.99. The third-order valence-corrected chi connectivity index (χ3v) is 3.36. The lowest BCUT2D eigenvalue weighted by molar-refractivity contribution is 0.0693. The summed E-state index contributed by atoms with van der Waals surface area (Å²) in [6, 6.07) is 4.44. The van der Waals surface area contributed by atoms with Crippen molar-refractivity contribution in [2.75, 3.05) is 6.54 Å². The number of aromatic amines is 1. The third-order valence-electron chi connectivity index (χ3n) is 3.36. The van der Waals surface area contributed by atoms with Crippen LogP contribution in [0.15, 0.2) is 24.5 Å². The summed E-state index contributed by atoms with van der Waals surface area (Å²) >= 11 is 0. The van der Waals surface area contributed by atoms with Crippen molar-refractivity contribution in [1.82, 2.24) is 15.3 Å². The fourth-order valence-corrected chi connectivity index (χ4v) is 2.44. The van der Waals surface area contributed by atoms with Crippen LogP contribution in [0.4, 0.5) is 0 Å². The number of nitrogens with one attached hydrogen (secondary N) is 2. The fraction of sp³-hybridized carbons (Fsp3) is 0.231. The Labute approximate surface area is 109 Å². The number of carbonyl (C=O) groups is 1. The second-order valence-electron chi connectivity index (χ2n) is 4.45. The van der Waals surface area contributed by atoms with Gasteiger partial charge in [-0.15, -0.1) is 0 Å². The molecule has 0 amide bonds. The molecule has 2 heterocycles. The van der Waals surface area contributed by atoms with Gasteiger partial charge in [0.1, 0.15) is 11.3 Å². The van der Waals surface area contributed by atoms with E-state index in [2.05, 4.69) is 15.3 Å². The highest BCUT2D eigenvalue weighted by Gasteiger charge is 2.27. The lowest BCUT2D eigenvalue weighted by Crippen LogP contribution is -2.30. The fourth-order valence-electron chi connectivity index (χ4n) is 2.44. The highest BCUT2D eigenvalue weighted by Crippen LogP contribution is 2.33. The number of nitrogens with zero attached hydrogens (tertiary/aromatic N) is 1. The SMILES string of the molecule is O=C(O)c1cccc([C@@H]2NCCc3[nH]cnc32)c1O. The number of rotatable bonds is 2. The van der Waals surface area contributed by atoms with E-state index >= 15 is 0 Å². The van der Waals surface area contributed by atoms with Crippen molar-refractivity contribution >= 4 is 5.97 Å². The zero-order chi connectivity index (χ0) is 13.4. The summed E-state index contributed by atoms with van der Waals surface area (Å²) in [6.07, 6.45) is 2.45. The molecule has 4 N–H and O–H groups in total. The molecule has 19 heavy (non-hydrogen) atoms. The van der Waals surface area contributed by atoms with Gasteiger partial charge < -0.3 is 20.5 Å². The van der Waals surface area contributed by atoms with Gasteiger partial charge in [-0.25, -0.2) is 9.78 Å². The lowest BCUT2D eigenvalue weighted by atomic mass is 9.95. The van der Waals surface area contributed by atoms with E-state index in [4.69, 9.17) is 5.11 Å². The first-order valence-electron chi connectivity index (χ1n) is 5.99. The number of para-hydroxylation sites is 1. The number of fused-ring (bicyclic) bond motifs is 1. The Balaban J connectivity index is 2.10. The molecule has 6 heteroatoms. The monoisotopic (exact) mass is 259 g/mol. The molecule has 0 fully saturated rings. The minimum absolute atomic E-state index is 0.0954. The minimum atomic E-state index is -1.14. The van der Waals surface area contributed by atoms with Crippen LogP contribution >= 0.6 is 0 Å². The molecule has 98 valence electrons. The number of imidazole rings is 1. The van der Waals surface area contributed by atoms with E-state index < -0.39 is 5.97 Å². The summed E-state index contributed by atoms with van der Waals surface area (Å²) in [5.74, 6) is -1.35. The molecule has 0 aliphatic carbocycles. The normalized spacial score (nSPS) is 18.0. The van der Waals surface area contributed by atoms with E-state index in [1.807, 2.05) is 0 Å². The molecule has 0 bridgehead atoms. The van der Waals surface area contributed by atoms with Crippen LogP contribution in [0, 0.1) is 0 Å². The highest BCUT2D eigenvalue weighted by molar-refractivity contribution is 5.91. The van der Waals surface area contributed by atoms with Crippen molar-refractivity contribution in [2.45, 2.75) is 12.5 Å². The maximum absolute atomic E-state index is 11.1. The molecular formula is C13H13N3O3. The second kappa shape index (κ2) is 4.40.